The van der Waals surface area contributed by atoms with Gasteiger partial charge in [-0.2, -0.15) is 0 Å². The van der Waals surface area contributed by atoms with Gasteiger partial charge in [0.25, 0.3) is 0 Å². The van der Waals surface area contributed by atoms with Crippen LogP contribution < -0.4 is 0 Å². The van der Waals surface area contributed by atoms with Crippen molar-refractivity contribution in [3.8, 4) is 101 Å². The van der Waals surface area contributed by atoms with Crippen LogP contribution in [0.1, 0.15) is 11.1 Å². The van der Waals surface area contributed by atoms with Gasteiger partial charge in [-0.05, 0) is 115 Å². The molecule has 0 unspecified atom stereocenters. The zero-order chi connectivity index (χ0) is 45.0. The maximum absolute atomic E-state index is 5.50. The molecule has 13 rings (SSSR count). The Balaban J connectivity index is 1.03. The van der Waals surface area contributed by atoms with E-state index in [-0.39, 0.29) is 0 Å². The van der Waals surface area contributed by atoms with Crippen molar-refractivity contribution in [1.82, 2.24) is 15.0 Å². The Morgan fingerprint density at radius 2 is 0.721 bits per heavy atom. The van der Waals surface area contributed by atoms with Crippen molar-refractivity contribution in [1.29, 1.82) is 0 Å². The maximum Gasteiger partial charge on any atom is 0.164 e. The van der Waals surface area contributed by atoms with E-state index in [1.807, 2.05) is 11.3 Å². The lowest BCUT2D eigenvalue weighted by molar-refractivity contribution is 1.07. The van der Waals surface area contributed by atoms with Crippen LogP contribution in [0.2, 0.25) is 0 Å². The Bertz CT molecular complexity index is 3860. The fourth-order valence-electron chi connectivity index (χ4n) is 10.1. The molecule has 10 aromatic carbocycles. The molecule has 0 aliphatic heterocycles. The second-order valence-corrected chi connectivity index (χ2v) is 18.5. The maximum atomic E-state index is 5.50. The van der Waals surface area contributed by atoms with E-state index in [0.717, 1.165) is 50.9 Å². The number of hydrogen-bond acceptors (Lipinski definition) is 4. The summed E-state index contributed by atoms with van der Waals surface area (Å²) in [5.41, 5.74) is 19.5. The van der Waals surface area contributed by atoms with Crippen molar-refractivity contribution in [2.75, 3.05) is 0 Å². The third kappa shape index (κ3) is 7.11. The number of nitrogens with zero attached hydrogens (tertiary/aromatic N) is 3. The van der Waals surface area contributed by atoms with Gasteiger partial charge >= 0.3 is 0 Å². The summed E-state index contributed by atoms with van der Waals surface area (Å²) < 4.78 is 2.54. The fourth-order valence-corrected chi connectivity index (χ4v) is 11.4. The minimum atomic E-state index is 0.623. The Morgan fingerprint density at radius 1 is 0.265 bits per heavy atom. The number of thiophene rings is 1. The zero-order valence-corrected chi connectivity index (χ0v) is 37.8. The van der Waals surface area contributed by atoms with Crippen LogP contribution in [0.5, 0.6) is 0 Å². The summed E-state index contributed by atoms with van der Waals surface area (Å²) >= 11 is 1.87. The Morgan fingerprint density at radius 3 is 1.38 bits per heavy atom. The number of aromatic nitrogens is 3. The molecule has 1 aliphatic carbocycles. The molecule has 0 spiro atoms. The lowest BCUT2D eigenvalue weighted by Crippen LogP contribution is -2.02. The van der Waals surface area contributed by atoms with Crippen LogP contribution in [-0.2, 0) is 6.42 Å². The highest BCUT2D eigenvalue weighted by Gasteiger charge is 2.25. The van der Waals surface area contributed by atoms with Crippen molar-refractivity contribution < 1.29 is 0 Å². The van der Waals surface area contributed by atoms with Crippen molar-refractivity contribution in [3.05, 3.63) is 248 Å². The molecular formula is C64H41N3S. The van der Waals surface area contributed by atoms with Crippen LogP contribution in [-0.4, -0.2) is 15.0 Å². The smallest absolute Gasteiger partial charge is 0.164 e. The molecular weight excluding hydrogens is 843 g/mol. The summed E-state index contributed by atoms with van der Waals surface area (Å²) in [5.74, 6) is 1.90. The molecule has 12 aromatic rings. The summed E-state index contributed by atoms with van der Waals surface area (Å²) in [6.07, 6.45) is 0.857. The van der Waals surface area contributed by atoms with Crippen LogP contribution in [0.15, 0.2) is 237 Å². The molecule has 4 heteroatoms. The zero-order valence-electron chi connectivity index (χ0n) is 37.0. The fraction of sp³-hybridized carbons (Fsp3) is 0.0156. The van der Waals surface area contributed by atoms with Crippen LogP contribution in [0.25, 0.3) is 121 Å². The lowest BCUT2D eigenvalue weighted by atomic mass is 9.94. The molecule has 68 heavy (non-hydrogen) atoms. The second-order valence-electron chi connectivity index (χ2n) is 17.5. The summed E-state index contributed by atoms with van der Waals surface area (Å²) in [5, 5.41) is 2.52. The number of benzene rings is 10. The van der Waals surface area contributed by atoms with Gasteiger partial charge in [0.2, 0.25) is 0 Å². The molecule has 0 amide bonds. The van der Waals surface area contributed by atoms with Gasteiger partial charge in [-0.1, -0.05) is 206 Å². The van der Waals surface area contributed by atoms with Crippen molar-refractivity contribution >= 4 is 31.5 Å². The molecule has 0 saturated carbocycles. The summed E-state index contributed by atoms with van der Waals surface area (Å²) in [6.45, 7) is 0. The molecule has 0 saturated heterocycles. The van der Waals surface area contributed by atoms with Crippen LogP contribution in [0.4, 0.5) is 0 Å². The largest absolute Gasteiger partial charge is 0.208 e. The predicted molar refractivity (Wildman–Crippen MR) is 284 cm³/mol. The van der Waals surface area contributed by atoms with Gasteiger partial charge in [-0.15, -0.1) is 11.3 Å². The lowest BCUT2D eigenvalue weighted by Gasteiger charge is -2.15. The average Bonchev–Trinajstić information content (AvgIpc) is 4.00. The molecule has 0 radical (unpaired) electrons. The number of rotatable bonds is 8. The van der Waals surface area contributed by atoms with Gasteiger partial charge in [0.05, 0.1) is 0 Å². The average molecular weight is 884 g/mol. The van der Waals surface area contributed by atoms with E-state index in [1.165, 1.54) is 70.2 Å². The van der Waals surface area contributed by atoms with E-state index in [0.29, 0.717) is 17.5 Å². The number of fused-ring (bicyclic) bond motifs is 6. The van der Waals surface area contributed by atoms with Gasteiger partial charge in [0.1, 0.15) is 0 Å². The van der Waals surface area contributed by atoms with Gasteiger partial charge in [-0.3, -0.25) is 0 Å². The molecule has 0 atom stereocenters. The normalized spacial score (nSPS) is 11.8. The third-order valence-corrected chi connectivity index (χ3v) is 14.6. The Labute approximate surface area is 399 Å². The van der Waals surface area contributed by atoms with Crippen LogP contribution in [0.3, 0.4) is 0 Å². The van der Waals surface area contributed by atoms with Gasteiger partial charge in [0.15, 0.2) is 17.5 Å². The van der Waals surface area contributed by atoms with Gasteiger partial charge < -0.3 is 0 Å². The topological polar surface area (TPSA) is 38.7 Å². The minimum Gasteiger partial charge on any atom is -0.208 e. The van der Waals surface area contributed by atoms with Gasteiger partial charge in [0, 0.05) is 36.9 Å². The first kappa shape index (κ1) is 39.8. The quantitative estimate of drug-likeness (QED) is 0.153. The monoisotopic (exact) mass is 883 g/mol. The summed E-state index contributed by atoms with van der Waals surface area (Å²) in [4.78, 5) is 16.3. The van der Waals surface area contributed by atoms with E-state index < -0.39 is 0 Å². The molecule has 0 N–H and O–H groups in total. The molecule has 1 aliphatic rings. The summed E-state index contributed by atoms with van der Waals surface area (Å²) in [6, 6.07) is 84.8. The standard InChI is InChI=1S/C64H41N3S/c1-5-17-41(18-6-1)45-25-13-27-49(35-45)62-65-63(67-64(66-62)57-32-14-26-48-36-47-34-33-46(40-58(47)59(48)57)42-19-7-2-8-20-42)52-38-50(43-21-9-3-10-22-43)37-51(39-52)54-29-16-31-56-55-30-15-28-53(60(55)68-61(54)56)44-23-11-4-12-24-44/h1-35,37-40H,36H2. The highest BCUT2D eigenvalue weighted by molar-refractivity contribution is 7.26. The van der Waals surface area contributed by atoms with E-state index >= 15 is 0 Å². The van der Waals surface area contributed by atoms with Crippen molar-refractivity contribution in [2.45, 2.75) is 6.42 Å². The minimum absolute atomic E-state index is 0.623. The molecule has 2 aromatic heterocycles. The third-order valence-electron chi connectivity index (χ3n) is 13.3. The highest BCUT2D eigenvalue weighted by Crippen LogP contribution is 2.47. The molecule has 0 fully saturated rings. The first-order valence-corrected chi connectivity index (χ1v) is 23.9. The Hall–Kier alpha value is -8.57. The predicted octanol–water partition coefficient (Wildman–Crippen LogP) is 17.1. The van der Waals surface area contributed by atoms with E-state index in [9.17, 15) is 0 Å². The second kappa shape index (κ2) is 16.7. The SMILES string of the molecule is c1ccc(-c2cccc(-c3nc(-c4cc(-c5ccccc5)cc(-c5cccc6c5sc5c(-c7ccccc7)cccc56)c4)nc(-c4cccc5c4-c4cc(-c6ccccc6)ccc4C5)n3)c2)cc1. The van der Waals surface area contributed by atoms with Crippen molar-refractivity contribution in [2.24, 2.45) is 0 Å². The number of hydrogen-bond donors (Lipinski definition) is 0. The Kier molecular flexibility index (Phi) is 9.76. The molecule has 318 valence electrons. The van der Waals surface area contributed by atoms with E-state index in [1.54, 1.807) is 0 Å². The summed E-state index contributed by atoms with van der Waals surface area (Å²) in [7, 11) is 0. The van der Waals surface area contributed by atoms with E-state index in [2.05, 4.69) is 237 Å². The van der Waals surface area contributed by atoms with Gasteiger partial charge in [-0.25, -0.2) is 15.0 Å². The molecule has 2 heterocycles. The molecule has 0 bridgehead atoms. The van der Waals surface area contributed by atoms with Crippen LogP contribution in [0, 0.1) is 0 Å². The van der Waals surface area contributed by atoms with E-state index in [4.69, 9.17) is 15.0 Å². The first-order chi connectivity index (χ1) is 33.7. The van der Waals surface area contributed by atoms with Crippen LogP contribution >= 0.6 is 11.3 Å². The first-order valence-electron chi connectivity index (χ1n) is 23.1. The molecule has 3 nitrogen and oxygen atoms in total. The highest BCUT2D eigenvalue weighted by atomic mass is 32.1. The van der Waals surface area contributed by atoms with Crippen molar-refractivity contribution in [3.63, 3.8) is 0 Å².